The zero-order chi connectivity index (χ0) is 20.3. The fourth-order valence-corrected chi connectivity index (χ4v) is 4.35. The van der Waals surface area contributed by atoms with Gasteiger partial charge in [-0.05, 0) is 55.5 Å². The maximum absolute atomic E-state index is 13.8. The predicted molar refractivity (Wildman–Crippen MR) is 104 cm³/mol. The third kappa shape index (κ3) is 4.05. The molecular weight excluding hydrogens is 375 g/mol. The Morgan fingerprint density at radius 3 is 2.76 bits per heavy atom. The molecule has 1 unspecified atom stereocenters. The van der Waals surface area contributed by atoms with E-state index in [-0.39, 0.29) is 28.8 Å². The van der Waals surface area contributed by atoms with Crippen LogP contribution in [-0.2, 0) is 14.9 Å². The van der Waals surface area contributed by atoms with Gasteiger partial charge in [-0.15, -0.1) is 0 Å². The highest BCUT2D eigenvalue weighted by Crippen LogP contribution is 2.35. The minimum absolute atomic E-state index is 0.176. The van der Waals surface area contributed by atoms with Gasteiger partial charge < -0.3 is 19.4 Å². The van der Waals surface area contributed by atoms with Crippen LogP contribution in [0.1, 0.15) is 41.8 Å². The first-order valence-electron chi connectivity index (χ1n) is 10.1. The molecule has 154 valence electrons. The zero-order valence-electron chi connectivity index (χ0n) is 16.2. The Balaban J connectivity index is 1.47. The van der Waals surface area contributed by atoms with E-state index < -0.39 is 6.04 Å². The lowest BCUT2D eigenvalue weighted by Crippen LogP contribution is -2.50. The monoisotopic (exact) mass is 400 g/mol. The largest absolute Gasteiger partial charge is 0.459 e. The van der Waals surface area contributed by atoms with E-state index in [9.17, 15) is 14.0 Å². The molecule has 0 radical (unpaired) electrons. The van der Waals surface area contributed by atoms with Crippen LogP contribution in [0, 0.1) is 5.82 Å². The fraction of sp³-hybridized carbons (Fsp3) is 0.455. The summed E-state index contributed by atoms with van der Waals surface area (Å²) >= 11 is 0. The van der Waals surface area contributed by atoms with Crippen molar-refractivity contribution in [1.29, 1.82) is 0 Å². The predicted octanol–water partition coefficient (Wildman–Crippen LogP) is 2.89. The maximum Gasteiger partial charge on any atom is 0.290 e. The number of amides is 2. The van der Waals surface area contributed by atoms with Gasteiger partial charge in [0.1, 0.15) is 11.9 Å². The topological polar surface area (TPSA) is 71.8 Å². The van der Waals surface area contributed by atoms with E-state index in [2.05, 4.69) is 5.32 Å². The van der Waals surface area contributed by atoms with Crippen LogP contribution < -0.4 is 5.32 Å². The summed E-state index contributed by atoms with van der Waals surface area (Å²) in [5, 5.41) is 3.04. The molecule has 2 fully saturated rings. The molecule has 3 heterocycles. The lowest BCUT2D eigenvalue weighted by molar-refractivity contribution is -0.125. The summed E-state index contributed by atoms with van der Waals surface area (Å²) in [4.78, 5) is 27.2. The molecule has 0 bridgehead atoms. The van der Waals surface area contributed by atoms with Crippen LogP contribution in [0.25, 0.3) is 0 Å². The molecule has 1 aromatic carbocycles. The van der Waals surface area contributed by atoms with Crippen LogP contribution >= 0.6 is 0 Å². The second-order valence-corrected chi connectivity index (χ2v) is 7.75. The summed E-state index contributed by atoms with van der Waals surface area (Å²) in [6.07, 6.45) is 4.25. The van der Waals surface area contributed by atoms with Gasteiger partial charge >= 0.3 is 0 Å². The molecule has 1 aromatic heterocycles. The summed E-state index contributed by atoms with van der Waals surface area (Å²) in [6.45, 7) is 2.05. The standard InChI is InChI=1S/C22H25FN2O4/c23-17-5-1-4-16(14-17)22(8-12-28-13-9-22)15-24-20(26)18-6-2-10-25(18)21(27)19-7-3-11-29-19/h1,3-5,7,11,14,18H,2,6,8-10,12-13,15H2,(H,24,26). The summed E-state index contributed by atoms with van der Waals surface area (Å²) in [6, 6.07) is 9.32. The van der Waals surface area contributed by atoms with Crippen molar-refractivity contribution in [2.24, 2.45) is 0 Å². The van der Waals surface area contributed by atoms with Gasteiger partial charge in [0.2, 0.25) is 5.91 Å². The maximum atomic E-state index is 13.8. The minimum atomic E-state index is -0.517. The van der Waals surface area contributed by atoms with Crippen LogP contribution in [0.2, 0.25) is 0 Å². The van der Waals surface area contributed by atoms with Crippen LogP contribution in [0.3, 0.4) is 0 Å². The first kappa shape index (κ1) is 19.6. The van der Waals surface area contributed by atoms with Crippen molar-refractivity contribution < 1.29 is 23.1 Å². The Bertz CT molecular complexity index is 861. The number of carbonyl (C=O) groups is 2. The number of hydrogen-bond donors (Lipinski definition) is 1. The molecule has 0 spiro atoms. The number of likely N-dealkylation sites (tertiary alicyclic amines) is 1. The molecule has 1 atom stereocenters. The van der Waals surface area contributed by atoms with Crippen molar-refractivity contribution >= 4 is 11.8 Å². The van der Waals surface area contributed by atoms with Gasteiger partial charge in [0.05, 0.1) is 6.26 Å². The number of nitrogens with zero attached hydrogens (tertiary/aromatic N) is 1. The molecular formula is C22H25FN2O4. The molecule has 2 amide bonds. The van der Waals surface area contributed by atoms with Gasteiger partial charge in [-0.2, -0.15) is 0 Å². The third-order valence-corrected chi connectivity index (χ3v) is 6.04. The van der Waals surface area contributed by atoms with E-state index in [1.165, 1.54) is 12.3 Å². The normalized spacial score (nSPS) is 21.1. The van der Waals surface area contributed by atoms with Crippen molar-refractivity contribution in [2.75, 3.05) is 26.3 Å². The number of carbonyl (C=O) groups excluding carboxylic acids is 2. The van der Waals surface area contributed by atoms with Gasteiger partial charge in [0.25, 0.3) is 5.91 Å². The Morgan fingerprint density at radius 2 is 2.03 bits per heavy atom. The quantitative estimate of drug-likeness (QED) is 0.838. The SMILES string of the molecule is O=C(NCC1(c2cccc(F)c2)CCOCC1)C1CCCN1C(=O)c1ccco1. The van der Waals surface area contributed by atoms with Crippen molar-refractivity contribution in [1.82, 2.24) is 10.2 Å². The zero-order valence-corrected chi connectivity index (χ0v) is 16.2. The van der Waals surface area contributed by atoms with Crippen molar-refractivity contribution in [3.63, 3.8) is 0 Å². The summed E-state index contributed by atoms with van der Waals surface area (Å²) in [5.41, 5.74) is 0.501. The highest BCUT2D eigenvalue weighted by Gasteiger charge is 2.39. The van der Waals surface area contributed by atoms with E-state index >= 15 is 0 Å². The second-order valence-electron chi connectivity index (χ2n) is 7.75. The van der Waals surface area contributed by atoms with Gasteiger partial charge in [-0.1, -0.05) is 12.1 Å². The smallest absolute Gasteiger partial charge is 0.290 e. The second kappa shape index (κ2) is 8.37. The molecule has 1 N–H and O–H groups in total. The van der Waals surface area contributed by atoms with Gasteiger partial charge in [0, 0.05) is 31.7 Å². The summed E-state index contributed by atoms with van der Waals surface area (Å²) in [5.74, 6) is -0.487. The highest BCUT2D eigenvalue weighted by atomic mass is 19.1. The van der Waals surface area contributed by atoms with Crippen LogP contribution in [-0.4, -0.2) is 49.1 Å². The first-order valence-corrected chi connectivity index (χ1v) is 10.1. The Morgan fingerprint density at radius 1 is 1.21 bits per heavy atom. The Kier molecular flexibility index (Phi) is 5.67. The van der Waals surface area contributed by atoms with Crippen LogP contribution in [0.15, 0.2) is 47.1 Å². The van der Waals surface area contributed by atoms with Crippen LogP contribution in [0.4, 0.5) is 4.39 Å². The lowest BCUT2D eigenvalue weighted by atomic mass is 9.74. The van der Waals surface area contributed by atoms with Crippen molar-refractivity contribution in [2.45, 2.75) is 37.1 Å². The Hall–Kier alpha value is -2.67. The molecule has 7 heteroatoms. The fourth-order valence-electron chi connectivity index (χ4n) is 4.35. The van der Waals surface area contributed by atoms with Gasteiger partial charge in [-0.3, -0.25) is 9.59 Å². The van der Waals surface area contributed by atoms with E-state index in [0.29, 0.717) is 45.6 Å². The number of furan rings is 1. The molecule has 29 heavy (non-hydrogen) atoms. The molecule has 0 saturated carbocycles. The van der Waals surface area contributed by atoms with Crippen molar-refractivity contribution in [3.8, 4) is 0 Å². The molecule has 2 aromatic rings. The van der Waals surface area contributed by atoms with E-state index in [1.54, 1.807) is 29.2 Å². The average molecular weight is 400 g/mol. The number of benzene rings is 1. The van der Waals surface area contributed by atoms with E-state index in [0.717, 1.165) is 12.0 Å². The molecule has 2 saturated heterocycles. The molecule has 6 nitrogen and oxygen atoms in total. The average Bonchev–Trinajstić information content (AvgIpc) is 3.44. The number of hydrogen-bond acceptors (Lipinski definition) is 4. The van der Waals surface area contributed by atoms with E-state index in [4.69, 9.17) is 9.15 Å². The number of halogens is 1. The number of ether oxygens (including phenoxy) is 1. The highest BCUT2D eigenvalue weighted by molar-refractivity contribution is 5.96. The van der Waals surface area contributed by atoms with Crippen molar-refractivity contribution in [3.05, 3.63) is 59.8 Å². The first-order chi connectivity index (χ1) is 14.1. The minimum Gasteiger partial charge on any atom is -0.459 e. The molecule has 0 aliphatic carbocycles. The number of rotatable bonds is 5. The van der Waals surface area contributed by atoms with Gasteiger partial charge in [-0.25, -0.2) is 4.39 Å². The number of nitrogens with one attached hydrogen (secondary N) is 1. The van der Waals surface area contributed by atoms with Crippen LogP contribution in [0.5, 0.6) is 0 Å². The van der Waals surface area contributed by atoms with Gasteiger partial charge in [0.15, 0.2) is 5.76 Å². The van der Waals surface area contributed by atoms with E-state index in [1.807, 2.05) is 6.07 Å². The lowest BCUT2D eigenvalue weighted by Gasteiger charge is -2.38. The Labute approximate surface area is 169 Å². The molecule has 2 aliphatic rings. The third-order valence-electron chi connectivity index (χ3n) is 6.04. The molecule has 4 rings (SSSR count). The summed E-state index contributed by atoms with van der Waals surface area (Å²) < 4.78 is 24.5. The molecule has 2 aliphatic heterocycles. The summed E-state index contributed by atoms with van der Waals surface area (Å²) in [7, 11) is 0.